The molecule has 0 amide bonds. The van der Waals surface area contributed by atoms with Crippen LogP contribution in [0.15, 0.2) is 59.1 Å². The molecule has 3 rings (SSSR count). The van der Waals surface area contributed by atoms with Crippen LogP contribution in [-0.4, -0.2) is 6.10 Å². The standard InChI is InChI=1S/C24H25BrO/c1-15(2)26-21-13-9-12-20(24(21)25)23-17(4)14-16(3)22(18(23)5)19-10-7-6-8-11-19/h6-15H,1-5H3. The summed E-state index contributed by atoms with van der Waals surface area (Å²) in [6.07, 6.45) is 0.140. The van der Waals surface area contributed by atoms with Crippen molar-refractivity contribution in [2.75, 3.05) is 0 Å². The number of benzene rings is 3. The van der Waals surface area contributed by atoms with Gasteiger partial charge in [-0.2, -0.15) is 0 Å². The third-order valence-corrected chi connectivity index (χ3v) is 5.45. The lowest BCUT2D eigenvalue weighted by Crippen LogP contribution is -2.06. The summed E-state index contributed by atoms with van der Waals surface area (Å²) in [6.45, 7) is 10.7. The highest BCUT2D eigenvalue weighted by Crippen LogP contribution is 2.42. The van der Waals surface area contributed by atoms with Gasteiger partial charge in [0.15, 0.2) is 0 Å². The second-order valence-electron chi connectivity index (χ2n) is 7.04. The van der Waals surface area contributed by atoms with Crippen molar-refractivity contribution < 1.29 is 4.74 Å². The second-order valence-corrected chi connectivity index (χ2v) is 7.83. The van der Waals surface area contributed by atoms with Gasteiger partial charge >= 0.3 is 0 Å². The van der Waals surface area contributed by atoms with Crippen LogP contribution in [0.5, 0.6) is 5.75 Å². The van der Waals surface area contributed by atoms with Gasteiger partial charge in [0.25, 0.3) is 0 Å². The topological polar surface area (TPSA) is 9.23 Å². The van der Waals surface area contributed by atoms with Crippen molar-refractivity contribution in [1.82, 2.24) is 0 Å². The Bertz CT molecular complexity index is 927. The molecule has 0 spiro atoms. The van der Waals surface area contributed by atoms with E-state index in [0.29, 0.717) is 0 Å². The molecule has 1 nitrogen and oxygen atoms in total. The van der Waals surface area contributed by atoms with Crippen LogP contribution in [0.2, 0.25) is 0 Å². The van der Waals surface area contributed by atoms with Crippen LogP contribution >= 0.6 is 15.9 Å². The van der Waals surface area contributed by atoms with Gasteiger partial charge in [0.2, 0.25) is 0 Å². The van der Waals surface area contributed by atoms with Crippen molar-refractivity contribution in [2.24, 2.45) is 0 Å². The van der Waals surface area contributed by atoms with E-state index in [4.69, 9.17) is 4.74 Å². The Morgan fingerprint density at radius 1 is 0.808 bits per heavy atom. The molecular weight excluding hydrogens is 384 g/mol. The Morgan fingerprint density at radius 3 is 2.12 bits per heavy atom. The summed E-state index contributed by atoms with van der Waals surface area (Å²) in [4.78, 5) is 0. The number of ether oxygens (including phenoxy) is 1. The van der Waals surface area contributed by atoms with Crippen molar-refractivity contribution in [3.05, 3.63) is 75.8 Å². The fourth-order valence-electron chi connectivity index (χ4n) is 3.70. The summed E-state index contributed by atoms with van der Waals surface area (Å²) in [5.41, 5.74) is 8.91. The highest BCUT2D eigenvalue weighted by Gasteiger charge is 2.18. The molecule has 0 saturated carbocycles. The highest BCUT2D eigenvalue weighted by atomic mass is 79.9. The van der Waals surface area contributed by atoms with Crippen LogP contribution in [0.4, 0.5) is 0 Å². The van der Waals surface area contributed by atoms with Crippen LogP contribution in [0.1, 0.15) is 30.5 Å². The van der Waals surface area contributed by atoms with Gasteiger partial charge in [0.1, 0.15) is 5.75 Å². The molecule has 0 aliphatic rings. The molecule has 0 atom stereocenters. The minimum Gasteiger partial charge on any atom is -0.490 e. The third-order valence-electron chi connectivity index (χ3n) is 4.63. The summed E-state index contributed by atoms with van der Waals surface area (Å²) >= 11 is 3.79. The molecule has 0 aliphatic heterocycles. The van der Waals surface area contributed by atoms with Gasteiger partial charge < -0.3 is 4.74 Å². The maximum absolute atomic E-state index is 5.98. The minimum absolute atomic E-state index is 0.140. The Hall–Kier alpha value is -2.06. The molecule has 0 aromatic heterocycles. The molecule has 0 unspecified atom stereocenters. The fraction of sp³-hybridized carbons (Fsp3) is 0.250. The largest absolute Gasteiger partial charge is 0.490 e. The Kier molecular flexibility index (Phi) is 5.52. The lowest BCUT2D eigenvalue weighted by Gasteiger charge is -2.20. The van der Waals surface area contributed by atoms with Gasteiger partial charge in [-0.15, -0.1) is 0 Å². The van der Waals surface area contributed by atoms with E-state index in [-0.39, 0.29) is 6.10 Å². The number of halogens is 1. The van der Waals surface area contributed by atoms with E-state index < -0.39 is 0 Å². The average Bonchev–Trinajstić information content (AvgIpc) is 2.58. The van der Waals surface area contributed by atoms with E-state index in [1.807, 2.05) is 6.07 Å². The van der Waals surface area contributed by atoms with Crippen molar-refractivity contribution in [3.63, 3.8) is 0 Å². The first kappa shape index (κ1) is 18.7. The highest BCUT2D eigenvalue weighted by molar-refractivity contribution is 9.10. The SMILES string of the molecule is Cc1cc(C)c(-c2cccc(OC(C)C)c2Br)c(C)c1-c1ccccc1. The average molecular weight is 409 g/mol. The minimum atomic E-state index is 0.140. The van der Waals surface area contributed by atoms with Crippen LogP contribution in [0.3, 0.4) is 0 Å². The molecule has 0 N–H and O–H groups in total. The van der Waals surface area contributed by atoms with Crippen LogP contribution in [0.25, 0.3) is 22.3 Å². The molecule has 134 valence electrons. The zero-order chi connectivity index (χ0) is 18.8. The van der Waals surface area contributed by atoms with Gasteiger partial charge in [-0.3, -0.25) is 0 Å². The number of rotatable bonds is 4. The Balaban J connectivity index is 2.24. The second kappa shape index (κ2) is 7.67. The molecule has 0 bridgehead atoms. The molecule has 0 heterocycles. The van der Waals surface area contributed by atoms with Crippen molar-refractivity contribution in [2.45, 2.75) is 40.7 Å². The van der Waals surface area contributed by atoms with Gasteiger partial charge in [-0.25, -0.2) is 0 Å². The lowest BCUT2D eigenvalue weighted by atomic mass is 9.86. The number of aryl methyl sites for hydroxylation is 2. The molecule has 3 aromatic rings. The number of hydrogen-bond donors (Lipinski definition) is 0. The first-order valence-corrected chi connectivity index (χ1v) is 9.81. The monoisotopic (exact) mass is 408 g/mol. The summed E-state index contributed by atoms with van der Waals surface area (Å²) < 4.78 is 7.00. The number of hydrogen-bond acceptors (Lipinski definition) is 1. The van der Waals surface area contributed by atoms with Gasteiger partial charge in [0, 0.05) is 5.56 Å². The Labute approximate surface area is 165 Å². The molecule has 0 aliphatic carbocycles. The summed E-state index contributed by atoms with van der Waals surface area (Å²) in [6, 6.07) is 19.2. The maximum Gasteiger partial charge on any atom is 0.134 e. The predicted octanol–water partition coefficient (Wildman–Crippen LogP) is 7.50. The van der Waals surface area contributed by atoms with Gasteiger partial charge in [-0.1, -0.05) is 48.5 Å². The lowest BCUT2D eigenvalue weighted by molar-refractivity contribution is 0.241. The van der Waals surface area contributed by atoms with Gasteiger partial charge in [-0.05, 0) is 90.0 Å². The van der Waals surface area contributed by atoms with Crippen LogP contribution in [0, 0.1) is 20.8 Å². The maximum atomic E-state index is 5.98. The molecule has 0 saturated heterocycles. The van der Waals surface area contributed by atoms with E-state index in [1.165, 1.54) is 38.9 Å². The zero-order valence-electron chi connectivity index (χ0n) is 16.1. The summed E-state index contributed by atoms with van der Waals surface area (Å²) in [7, 11) is 0. The van der Waals surface area contributed by atoms with Crippen molar-refractivity contribution >= 4 is 15.9 Å². The van der Waals surface area contributed by atoms with Crippen molar-refractivity contribution in [1.29, 1.82) is 0 Å². The Morgan fingerprint density at radius 2 is 1.46 bits per heavy atom. The fourth-order valence-corrected chi connectivity index (χ4v) is 4.25. The zero-order valence-corrected chi connectivity index (χ0v) is 17.6. The van der Waals surface area contributed by atoms with Crippen LogP contribution < -0.4 is 4.74 Å². The third kappa shape index (κ3) is 3.57. The van der Waals surface area contributed by atoms with E-state index in [2.05, 4.69) is 99.1 Å². The molecule has 26 heavy (non-hydrogen) atoms. The summed E-state index contributed by atoms with van der Waals surface area (Å²) in [5.74, 6) is 0.887. The first-order valence-electron chi connectivity index (χ1n) is 9.02. The molecule has 3 aromatic carbocycles. The van der Waals surface area contributed by atoms with Crippen molar-refractivity contribution in [3.8, 4) is 28.0 Å². The predicted molar refractivity (Wildman–Crippen MR) is 115 cm³/mol. The molecular formula is C24H25BrO. The van der Waals surface area contributed by atoms with E-state index >= 15 is 0 Å². The van der Waals surface area contributed by atoms with E-state index in [0.717, 1.165) is 10.2 Å². The molecule has 0 fully saturated rings. The van der Waals surface area contributed by atoms with E-state index in [9.17, 15) is 0 Å². The van der Waals surface area contributed by atoms with E-state index in [1.54, 1.807) is 0 Å². The quantitative estimate of drug-likeness (QED) is 0.434. The smallest absolute Gasteiger partial charge is 0.134 e. The first-order chi connectivity index (χ1) is 12.4. The molecule has 2 heteroatoms. The van der Waals surface area contributed by atoms with Gasteiger partial charge in [0.05, 0.1) is 10.6 Å². The molecule has 0 radical (unpaired) electrons. The summed E-state index contributed by atoms with van der Waals surface area (Å²) in [5, 5.41) is 0. The van der Waals surface area contributed by atoms with Crippen LogP contribution in [-0.2, 0) is 0 Å². The normalized spacial score (nSPS) is 11.0.